The number of benzene rings is 1. The van der Waals surface area contributed by atoms with Gasteiger partial charge in [-0.2, -0.15) is 0 Å². The van der Waals surface area contributed by atoms with Gasteiger partial charge in [-0.05, 0) is 43.2 Å². The van der Waals surface area contributed by atoms with Crippen LogP contribution in [0.2, 0.25) is 0 Å². The van der Waals surface area contributed by atoms with Crippen LogP contribution in [0.3, 0.4) is 0 Å². The van der Waals surface area contributed by atoms with Gasteiger partial charge in [0.1, 0.15) is 0 Å². The molecule has 0 aliphatic rings. The number of methoxy groups -OCH3 is 1. The molecule has 0 bridgehead atoms. The summed E-state index contributed by atoms with van der Waals surface area (Å²) in [7, 11) is 1.43. The lowest BCUT2D eigenvalue weighted by molar-refractivity contribution is 0.178. The first-order valence-corrected chi connectivity index (χ1v) is 6.90. The Balaban J connectivity index is 2.17. The molecular weight excluding hydrogens is 263 g/mol. The van der Waals surface area contributed by atoms with Gasteiger partial charge in [-0.1, -0.05) is 6.07 Å². The number of hydrogen-bond acceptors (Lipinski definition) is 3. The van der Waals surface area contributed by atoms with Crippen LogP contribution in [0.4, 0.5) is 4.39 Å². The van der Waals surface area contributed by atoms with Crippen LogP contribution in [0.25, 0.3) is 0 Å². The summed E-state index contributed by atoms with van der Waals surface area (Å²) in [5, 5.41) is 10.2. The summed E-state index contributed by atoms with van der Waals surface area (Å²) in [4.78, 5) is 2.28. The largest absolute Gasteiger partial charge is 0.494 e. The molecule has 0 aliphatic carbocycles. The van der Waals surface area contributed by atoms with E-state index in [0.717, 1.165) is 16.0 Å². The third kappa shape index (κ3) is 3.14. The van der Waals surface area contributed by atoms with Crippen molar-refractivity contribution in [1.29, 1.82) is 0 Å². The normalized spacial score (nSPS) is 12.5. The van der Waals surface area contributed by atoms with Gasteiger partial charge in [-0.25, -0.2) is 4.39 Å². The maximum absolute atomic E-state index is 13.6. The fourth-order valence-electron chi connectivity index (χ4n) is 2.15. The second-order valence-electron chi connectivity index (χ2n) is 4.56. The molecule has 19 heavy (non-hydrogen) atoms. The standard InChI is InChI=1S/C15H17FO2S/c1-9-6-12(10(2)19-9)14(17)8-11-4-5-15(18-3)13(16)7-11/h4-7,14,17H,8H2,1-3H3. The second-order valence-corrected chi connectivity index (χ2v) is 6.02. The maximum atomic E-state index is 13.6. The summed E-state index contributed by atoms with van der Waals surface area (Å²) >= 11 is 1.66. The molecule has 1 aromatic heterocycles. The van der Waals surface area contributed by atoms with Crippen molar-refractivity contribution in [2.45, 2.75) is 26.4 Å². The molecular formula is C15H17FO2S. The summed E-state index contributed by atoms with van der Waals surface area (Å²) in [5.41, 5.74) is 1.69. The average molecular weight is 280 g/mol. The molecule has 0 saturated heterocycles. The molecule has 1 N–H and O–H groups in total. The predicted octanol–water partition coefficient (Wildman–Crippen LogP) is 3.79. The molecule has 2 rings (SSSR count). The fourth-order valence-corrected chi connectivity index (χ4v) is 3.13. The fraction of sp³-hybridized carbons (Fsp3) is 0.333. The van der Waals surface area contributed by atoms with Crippen LogP contribution in [0, 0.1) is 19.7 Å². The average Bonchev–Trinajstić information content (AvgIpc) is 2.69. The third-order valence-electron chi connectivity index (χ3n) is 3.08. The van der Waals surface area contributed by atoms with Crippen LogP contribution in [-0.2, 0) is 6.42 Å². The van der Waals surface area contributed by atoms with Crippen LogP contribution in [0.5, 0.6) is 5.75 Å². The Morgan fingerprint density at radius 2 is 2.05 bits per heavy atom. The monoisotopic (exact) mass is 280 g/mol. The number of ether oxygens (including phenoxy) is 1. The van der Waals surface area contributed by atoms with E-state index < -0.39 is 11.9 Å². The third-order valence-corrected chi connectivity index (χ3v) is 4.07. The molecule has 0 saturated carbocycles. The summed E-state index contributed by atoms with van der Waals surface area (Å²) in [5.74, 6) is -0.175. The Morgan fingerprint density at radius 1 is 1.32 bits per heavy atom. The highest BCUT2D eigenvalue weighted by atomic mass is 32.1. The van der Waals surface area contributed by atoms with E-state index in [0.29, 0.717) is 6.42 Å². The lowest BCUT2D eigenvalue weighted by atomic mass is 10.0. The number of aryl methyl sites for hydroxylation is 2. The zero-order valence-electron chi connectivity index (χ0n) is 11.2. The Kier molecular flexibility index (Phi) is 4.22. The van der Waals surface area contributed by atoms with Gasteiger partial charge in [0.2, 0.25) is 0 Å². The molecule has 102 valence electrons. The second kappa shape index (κ2) is 5.72. The van der Waals surface area contributed by atoms with Crippen molar-refractivity contribution in [2.24, 2.45) is 0 Å². The molecule has 1 aromatic carbocycles. The highest BCUT2D eigenvalue weighted by Crippen LogP contribution is 2.29. The van der Waals surface area contributed by atoms with Crippen LogP contribution >= 0.6 is 11.3 Å². The minimum absolute atomic E-state index is 0.223. The van der Waals surface area contributed by atoms with Crippen LogP contribution in [0.1, 0.15) is 27.0 Å². The van der Waals surface area contributed by atoms with E-state index in [4.69, 9.17) is 4.74 Å². The Morgan fingerprint density at radius 3 is 2.58 bits per heavy atom. The molecule has 0 aliphatic heterocycles. The van der Waals surface area contributed by atoms with Crippen molar-refractivity contribution in [1.82, 2.24) is 0 Å². The van der Waals surface area contributed by atoms with E-state index in [2.05, 4.69) is 0 Å². The first-order chi connectivity index (χ1) is 9.01. The van der Waals surface area contributed by atoms with Crippen molar-refractivity contribution >= 4 is 11.3 Å². The van der Waals surface area contributed by atoms with E-state index in [1.165, 1.54) is 18.1 Å². The van der Waals surface area contributed by atoms with Crippen molar-refractivity contribution < 1.29 is 14.2 Å². The number of thiophene rings is 1. The Bertz CT molecular complexity index is 578. The van der Waals surface area contributed by atoms with E-state index in [1.807, 2.05) is 19.9 Å². The number of halogens is 1. The number of aliphatic hydroxyl groups excluding tert-OH is 1. The van der Waals surface area contributed by atoms with Gasteiger partial charge in [0, 0.05) is 16.2 Å². The van der Waals surface area contributed by atoms with E-state index in [9.17, 15) is 9.50 Å². The van der Waals surface area contributed by atoms with Gasteiger partial charge in [0.05, 0.1) is 13.2 Å². The molecule has 0 spiro atoms. The van der Waals surface area contributed by atoms with Crippen LogP contribution in [0.15, 0.2) is 24.3 Å². The topological polar surface area (TPSA) is 29.5 Å². The van der Waals surface area contributed by atoms with Gasteiger partial charge in [-0.3, -0.25) is 0 Å². The van der Waals surface area contributed by atoms with Gasteiger partial charge in [0.15, 0.2) is 11.6 Å². The van der Waals surface area contributed by atoms with Gasteiger partial charge < -0.3 is 9.84 Å². The highest BCUT2D eigenvalue weighted by Gasteiger charge is 2.14. The molecule has 2 nitrogen and oxygen atoms in total. The van der Waals surface area contributed by atoms with Crippen molar-refractivity contribution in [2.75, 3.05) is 7.11 Å². The van der Waals surface area contributed by atoms with Gasteiger partial charge in [-0.15, -0.1) is 11.3 Å². The SMILES string of the molecule is COc1ccc(CC(O)c2cc(C)sc2C)cc1F. The van der Waals surface area contributed by atoms with E-state index in [1.54, 1.807) is 23.5 Å². The summed E-state index contributed by atoms with van der Waals surface area (Å²) in [6.07, 6.45) is -0.199. The van der Waals surface area contributed by atoms with Crippen molar-refractivity contribution in [3.63, 3.8) is 0 Å². The molecule has 1 atom stereocenters. The minimum atomic E-state index is -0.599. The quantitative estimate of drug-likeness (QED) is 0.923. The number of rotatable bonds is 4. The molecule has 1 heterocycles. The molecule has 1 unspecified atom stereocenters. The van der Waals surface area contributed by atoms with E-state index >= 15 is 0 Å². The predicted molar refractivity (Wildman–Crippen MR) is 75.4 cm³/mol. The zero-order chi connectivity index (χ0) is 14.0. The summed E-state index contributed by atoms with van der Waals surface area (Å²) in [6.45, 7) is 4.01. The number of aliphatic hydroxyl groups is 1. The molecule has 0 amide bonds. The van der Waals surface area contributed by atoms with Gasteiger partial charge >= 0.3 is 0 Å². The highest BCUT2D eigenvalue weighted by molar-refractivity contribution is 7.12. The lowest BCUT2D eigenvalue weighted by Gasteiger charge is -2.11. The van der Waals surface area contributed by atoms with E-state index in [-0.39, 0.29) is 5.75 Å². The Labute approximate surface area is 116 Å². The summed E-state index contributed by atoms with van der Waals surface area (Å²) < 4.78 is 18.5. The van der Waals surface area contributed by atoms with Crippen molar-refractivity contribution in [3.05, 3.63) is 51.0 Å². The summed E-state index contributed by atoms with van der Waals surface area (Å²) in [6, 6.07) is 6.77. The molecule has 0 fully saturated rings. The number of hydrogen-bond donors (Lipinski definition) is 1. The van der Waals surface area contributed by atoms with Crippen LogP contribution < -0.4 is 4.74 Å². The van der Waals surface area contributed by atoms with Crippen molar-refractivity contribution in [3.8, 4) is 5.75 Å². The smallest absolute Gasteiger partial charge is 0.165 e. The first-order valence-electron chi connectivity index (χ1n) is 6.08. The maximum Gasteiger partial charge on any atom is 0.165 e. The molecule has 0 radical (unpaired) electrons. The lowest BCUT2D eigenvalue weighted by Crippen LogP contribution is -2.02. The minimum Gasteiger partial charge on any atom is -0.494 e. The molecule has 2 aromatic rings. The first kappa shape index (κ1) is 14.0. The van der Waals surface area contributed by atoms with Crippen LogP contribution in [-0.4, -0.2) is 12.2 Å². The zero-order valence-corrected chi connectivity index (χ0v) is 12.1. The van der Waals surface area contributed by atoms with Gasteiger partial charge in [0.25, 0.3) is 0 Å². The Hall–Kier alpha value is -1.39. The molecule has 4 heteroatoms.